The molecule has 1 atom stereocenters. The van der Waals surface area contributed by atoms with E-state index in [1.54, 1.807) is 11.3 Å². The Morgan fingerprint density at radius 2 is 1.79 bits per heavy atom. The number of carbonyl (C=O) groups excluding carboxylic acids is 1. The van der Waals surface area contributed by atoms with Crippen molar-refractivity contribution in [1.29, 1.82) is 0 Å². The van der Waals surface area contributed by atoms with Crippen LogP contribution < -0.4 is 0 Å². The van der Waals surface area contributed by atoms with E-state index in [4.69, 9.17) is 4.74 Å². The highest BCUT2D eigenvalue weighted by Crippen LogP contribution is 2.52. The Balaban J connectivity index is 1.24. The van der Waals surface area contributed by atoms with E-state index >= 15 is 0 Å². The largest absolute Gasteiger partial charge is 0.364 e. The number of fused-ring (bicyclic) bond motifs is 2. The molecule has 2 aromatic carbocycles. The quantitative estimate of drug-likeness (QED) is 0.611. The van der Waals surface area contributed by atoms with Crippen LogP contribution >= 0.6 is 11.3 Å². The molecule has 0 radical (unpaired) electrons. The number of benzene rings is 2. The second-order valence-electron chi connectivity index (χ2n) is 8.59. The van der Waals surface area contributed by atoms with Crippen LogP contribution in [0.3, 0.4) is 0 Å². The fraction of sp³-hybridized carbons (Fsp3) is 0.320. The summed E-state index contributed by atoms with van der Waals surface area (Å²) in [5, 5.41) is 4.26. The number of hydrogen-bond acceptors (Lipinski definition) is 3. The van der Waals surface area contributed by atoms with Crippen molar-refractivity contribution in [3.8, 4) is 11.1 Å². The van der Waals surface area contributed by atoms with Crippen LogP contribution in [0.15, 0.2) is 65.4 Å². The Bertz CT molecular complexity index is 1070. The van der Waals surface area contributed by atoms with E-state index in [1.807, 2.05) is 0 Å². The van der Waals surface area contributed by atoms with Crippen LogP contribution in [-0.2, 0) is 27.2 Å². The van der Waals surface area contributed by atoms with Gasteiger partial charge in [-0.2, -0.15) is 11.3 Å². The highest BCUT2D eigenvalue weighted by atomic mass is 32.1. The van der Waals surface area contributed by atoms with Crippen molar-refractivity contribution in [3.05, 3.63) is 82.0 Å². The Hall–Kier alpha value is -2.43. The second kappa shape index (κ2) is 6.28. The van der Waals surface area contributed by atoms with Crippen molar-refractivity contribution in [2.24, 2.45) is 0 Å². The number of hydrogen-bond donors (Lipinski definition) is 0. The molecule has 0 bridgehead atoms. The minimum Gasteiger partial charge on any atom is -0.364 e. The van der Waals surface area contributed by atoms with Gasteiger partial charge >= 0.3 is 0 Å². The van der Waals surface area contributed by atoms with Crippen LogP contribution in [0.2, 0.25) is 0 Å². The Morgan fingerprint density at radius 3 is 2.55 bits per heavy atom. The van der Waals surface area contributed by atoms with Gasteiger partial charge in [-0.25, -0.2) is 0 Å². The molecule has 1 aromatic heterocycles. The number of nitrogens with zero attached hydrogens (tertiary/aromatic N) is 1. The summed E-state index contributed by atoms with van der Waals surface area (Å²) in [6.07, 6.45) is 2.79. The molecule has 1 spiro atoms. The van der Waals surface area contributed by atoms with E-state index < -0.39 is 0 Å². The van der Waals surface area contributed by atoms with Crippen molar-refractivity contribution in [3.63, 3.8) is 0 Å². The summed E-state index contributed by atoms with van der Waals surface area (Å²) in [4.78, 5) is 15.6. The molecule has 1 amide bonds. The van der Waals surface area contributed by atoms with Crippen LogP contribution in [0.25, 0.3) is 11.1 Å². The SMILES string of the molecule is O=C(N1CCC2(C1)OCc1ccccc12)C1(c2ccc(-c3ccsc3)cc2)CC1. The fourth-order valence-electron chi connectivity index (χ4n) is 5.14. The van der Waals surface area contributed by atoms with E-state index in [9.17, 15) is 4.79 Å². The maximum absolute atomic E-state index is 13.6. The van der Waals surface area contributed by atoms with Gasteiger partial charge in [-0.05, 0) is 63.9 Å². The summed E-state index contributed by atoms with van der Waals surface area (Å²) < 4.78 is 6.26. The van der Waals surface area contributed by atoms with Gasteiger partial charge in [0.25, 0.3) is 0 Å². The monoisotopic (exact) mass is 401 g/mol. The van der Waals surface area contributed by atoms with Crippen molar-refractivity contribution >= 4 is 17.2 Å². The van der Waals surface area contributed by atoms with Gasteiger partial charge in [-0.3, -0.25) is 4.79 Å². The predicted octanol–water partition coefficient (Wildman–Crippen LogP) is 5.10. The van der Waals surface area contributed by atoms with Gasteiger partial charge in [0, 0.05) is 6.54 Å². The third kappa shape index (κ3) is 2.62. The predicted molar refractivity (Wildman–Crippen MR) is 115 cm³/mol. The number of ether oxygens (including phenoxy) is 1. The average Bonchev–Trinajstić information content (AvgIpc) is 3.13. The van der Waals surface area contributed by atoms with Crippen molar-refractivity contribution in [2.75, 3.05) is 13.1 Å². The summed E-state index contributed by atoms with van der Waals surface area (Å²) in [5.41, 5.74) is 5.55. The topological polar surface area (TPSA) is 29.5 Å². The van der Waals surface area contributed by atoms with Gasteiger partial charge in [0.1, 0.15) is 5.60 Å². The van der Waals surface area contributed by atoms with Gasteiger partial charge in [0.15, 0.2) is 0 Å². The molecule has 146 valence electrons. The van der Waals surface area contributed by atoms with Crippen molar-refractivity contribution < 1.29 is 9.53 Å². The molecule has 0 N–H and O–H groups in total. The van der Waals surface area contributed by atoms with E-state index in [0.717, 1.165) is 31.4 Å². The smallest absolute Gasteiger partial charge is 0.233 e. The lowest BCUT2D eigenvalue weighted by Crippen LogP contribution is -2.40. The molecule has 2 aliphatic heterocycles. The molecule has 1 unspecified atom stereocenters. The van der Waals surface area contributed by atoms with Crippen LogP contribution in [0.4, 0.5) is 0 Å². The summed E-state index contributed by atoms with van der Waals surface area (Å²) in [7, 11) is 0. The molecule has 29 heavy (non-hydrogen) atoms. The lowest BCUT2D eigenvalue weighted by molar-refractivity contribution is -0.134. The molecule has 2 fully saturated rings. The summed E-state index contributed by atoms with van der Waals surface area (Å²) >= 11 is 1.71. The molecule has 1 saturated carbocycles. The van der Waals surface area contributed by atoms with Gasteiger partial charge in [0.2, 0.25) is 5.91 Å². The fourth-order valence-corrected chi connectivity index (χ4v) is 5.81. The number of carbonyl (C=O) groups is 1. The van der Waals surface area contributed by atoms with Crippen LogP contribution in [0.5, 0.6) is 0 Å². The zero-order chi connectivity index (χ0) is 19.5. The molecule has 3 aliphatic rings. The Labute approximate surface area is 174 Å². The van der Waals surface area contributed by atoms with E-state index in [1.165, 1.54) is 22.3 Å². The van der Waals surface area contributed by atoms with E-state index in [0.29, 0.717) is 13.2 Å². The lowest BCUT2D eigenvalue weighted by atomic mass is 9.91. The highest BCUT2D eigenvalue weighted by molar-refractivity contribution is 7.08. The van der Waals surface area contributed by atoms with E-state index in [-0.39, 0.29) is 16.9 Å². The lowest BCUT2D eigenvalue weighted by Gasteiger charge is -2.27. The first-order valence-corrected chi connectivity index (χ1v) is 11.3. The minimum absolute atomic E-state index is 0.283. The van der Waals surface area contributed by atoms with Gasteiger partial charge in [-0.1, -0.05) is 48.5 Å². The van der Waals surface area contributed by atoms with Gasteiger partial charge in [0.05, 0.1) is 18.6 Å². The number of likely N-dealkylation sites (tertiary alicyclic amines) is 1. The first-order valence-electron chi connectivity index (χ1n) is 10.4. The van der Waals surface area contributed by atoms with Crippen LogP contribution in [-0.4, -0.2) is 23.9 Å². The third-order valence-electron chi connectivity index (χ3n) is 6.98. The highest BCUT2D eigenvalue weighted by Gasteiger charge is 2.56. The number of amides is 1. The van der Waals surface area contributed by atoms with Crippen LogP contribution in [0, 0.1) is 0 Å². The molecule has 4 heteroatoms. The van der Waals surface area contributed by atoms with Gasteiger partial charge < -0.3 is 9.64 Å². The molecular weight excluding hydrogens is 378 g/mol. The van der Waals surface area contributed by atoms with E-state index in [2.05, 4.69) is 70.3 Å². The normalized spacial score (nSPS) is 24.1. The standard InChI is InChI=1S/C25H23NO2S/c27-23(26-13-12-25(17-26)22-4-2-1-3-19(22)15-28-25)24(10-11-24)21-7-5-18(6-8-21)20-9-14-29-16-20/h1-9,14,16H,10-13,15,17H2. The first-order chi connectivity index (χ1) is 14.2. The summed E-state index contributed by atoms with van der Waals surface area (Å²) in [6.45, 7) is 2.12. The number of rotatable bonds is 3. The summed E-state index contributed by atoms with van der Waals surface area (Å²) in [5.74, 6) is 0.283. The van der Waals surface area contributed by atoms with Gasteiger partial charge in [-0.15, -0.1) is 0 Å². The van der Waals surface area contributed by atoms with Crippen molar-refractivity contribution in [2.45, 2.75) is 36.9 Å². The Kier molecular flexibility index (Phi) is 3.78. The zero-order valence-corrected chi connectivity index (χ0v) is 17.1. The molecule has 1 aliphatic carbocycles. The van der Waals surface area contributed by atoms with Crippen LogP contribution in [0.1, 0.15) is 36.0 Å². The third-order valence-corrected chi connectivity index (χ3v) is 7.67. The maximum Gasteiger partial charge on any atom is 0.233 e. The average molecular weight is 402 g/mol. The van der Waals surface area contributed by atoms with Crippen molar-refractivity contribution in [1.82, 2.24) is 4.90 Å². The second-order valence-corrected chi connectivity index (χ2v) is 9.37. The molecule has 1 saturated heterocycles. The molecule has 3 heterocycles. The maximum atomic E-state index is 13.6. The molecular formula is C25H23NO2S. The molecule has 3 nitrogen and oxygen atoms in total. The molecule has 3 aromatic rings. The molecule has 6 rings (SSSR count). The zero-order valence-electron chi connectivity index (χ0n) is 16.3. The number of thiophene rings is 1. The Morgan fingerprint density at radius 1 is 0.966 bits per heavy atom. The summed E-state index contributed by atoms with van der Waals surface area (Å²) in [6, 6.07) is 19.2. The minimum atomic E-state index is -0.323. The first kappa shape index (κ1) is 17.4.